The van der Waals surface area contributed by atoms with Gasteiger partial charge in [0.05, 0.1) is 18.7 Å². The molecule has 1 N–H and O–H groups in total. The van der Waals surface area contributed by atoms with Crippen LogP contribution in [0.3, 0.4) is 0 Å². The van der Waals surface area contributed by atoms with Gasteiger partial charge in [-0.25, -0.2) is 4.98 Å². The van der Waals surface area contributed by atoms with E-state index in [1.165, 1.54) is 11.3 Å². The van der Waals surface area contributed by atoms with Crippen molar-refractivity contribution in [3.63, 3.8) is 0 Å². The van der Waals surface area contributed by atoms with Crippen molar-refractivity contribution in [2.24, 2.45) is 5.92 Å². The fourth-order valence-corrected chi connectivity index (χ4v) is 4.71. The molecule has 154 valence electrons. The van der Waals surface area contributed by atoms with E-state index in [9.17, 15) is 9.59 Å². The van der Waals surface area contributed by atoms with Crippen LogP contribution >= 0.6 is 11.3 Å². The average Bonchev–Trinajstić information content (AvgIpc) is 3.46. The molecule has 1 aromatic carbocycles. The number of rotatable bonds is 5. The quantitative estimate of drug-likeness (QED) is 0.812. The van der Waals surface area contributed by atoms with E-state index in [4.69, 9.17) is 4.74 Å². The van der Waals surface area contributed by atoms with Crippen molar-refractivity contribution in [2.75, 3.05) is 38.6 Å². The second kappa shape index (κ2) is 8.82. The van der Waals surface area contributed by atoms with Crippen LogP contribution in [0.1, 0.15) is 36.2 Å². The van der Waals surface area contributed by atoms with Crippen LogP contribution in [0.5, 0.6) is 5.75 Å². The number of likely N-dealkylation sites (tertiary alicyclic amines) is 2. The summed E-state index contributed by atoms with van der Waals surface area (Å²) in [5.41, 5.74) is 1.22. The van der Waals surface area contributed by atoms with Crippen molar-refractivity contribution in [3.8, 4) is 5.75 Å². The molecule has 2 saturated heterocycles. The number of para-hydroxylation sites is 2. The lowest BCUT2D eigenvalue weighted by atomic mass is 9.96. The maximum absolute atomic E-state index is 13.0. The third-order valence-corrected chi connectivity index (χ3v) is 6.31. The van der Waals surface area contributed by atoms with Gasteiger partial charge in [-0.3, -0.25) is 9.59 Å². The molecule has 1 unspecified atom stereocenters. The van der Waals surface area contributed by atoms with E-state index >= 15 is 0 Å². The number of benzene rings is 1. The molecule has 0 spiro atoms. The molecule has 2 aliphatic heterocycles. The smallest absolute Gasteiger partial charge is 0.273 e. The summed E-state index contributed by atoms with van der Waals surface area (Å²) < 4.78 is 5.35. The van der Waals surface area contributed by atoms with Gasteiger partial charge in [0.1, 0.15) is 11.4 Å². The van der Waals surface area contributed by atoms with Crippen molar-refractivity contribution >= 4 is 34.0 Å². The number of nitrogens with one attached hydrogen (secondary N) is 1. The highest BCUT2D eigenvalue weighted by atomic mass is 32.1. The van der Waals surface area contributed by atoms with E-state index in [1.54, 1.807) is 17.4 Å². The highest BCUT2D eigenvalue weighted by Gasteiger charge is 2.33. The second-order valence-electron chi connectivity index (χ2n) is 7.49. The van der Waals surface area contributed by atoms with Crippen LogP contribution in [0, 0.1) is 5.92 Å². The van der Waals surface area contributed by atoms with Gasteiger partial charge >= 0.3 is 0 Å². The first-order valence-corrected chi connectivity index (χ1v) is 11.0. The lowest BCUT2D eigenvalue weighted by molar-refractivity contribution is -0.135. The Morgan fingerprint density at radius 3 is 2.69 bits per heavy atom. The van der Waals surface area contributed by atoms with Gasteiger partial charge in [-0.15, -0.1) is 11.3 Å². The molecular formula is C21H26N4O3S. The predicted molar refractivity (Wildman–Crippen MR) is 113 cm³/mol. The molecule has 0 saturated carbocycles. The number of methoxy groups -OCH3 is 1. The van der Waals surface area contributed by atoms with E-state index < -0.39 is 0 Å². The number of anilines is 2. The molecule has 2 aliphatic rings. The Kier molecular flexibility index (Phi) is 5.99. The number of amides is 2. The number of carbonyl (C=O) groups excluding carboxylic acids is 2. The number of nitrogens with zero attached hydrogens (tertiary/aromatic N) is 3. The van der Waals surface area contributed by atoms with Gasteiger partial charge in [-0.1, -0.05) is 12.1 Å². The van der Waals surface area contributed by atoms with Gasteiger partial charge in [-0.2, -0.15) is 0 Å². The molecule has 3 heterocycles. The van der Waals surface area contributed by atoms with Crippen molar-refractivity contribution in [2.45, 2.75) is 25.7 Å². The third kappa shape index (κ3) is 4.37. The number of hydrogen-bond donors (Lipinski definition) is 1. The van der Waals surface area contributed by atoms with Crippen molar-refractivity contribution < 1.29 is 14.3 Å². The Morgan fingerprint density at radius 1 is 1.14 bits per heavy atom. The van der Waals surface area contributed by atoms with Crippen LogP contribution < -0.4 is 10.1 Å². The van der Waals surface area contributed by atoms with Crippen LogP contribution in [-0.2, 0) is 4.79 Å². The largest absolute Gasteiger partial charge is 0.495 e. The number of hydrogen-bond acceptors (Lipinski definition) is 6. The molecule has 2 fully saturated rings. The van der Waals surface area contributed by atoms with Gasteiger partial charge < -0.3 is 19.9 Å². The molecule has 1 atom stereocenters. The Labute approximate surface area is 174 Å². The number of aromatic nitrogens is 1. The molecule has 0 aliphatic carbocycles. The first kappa shape index (κ1) is 19.7. The van der Waals surface area contributed by atoms with E-state index in [-0.39, 0.29) is 17.7 Å². The number of ether oxygens (including phenoxy) is 1. The number of carbonyl (C=O) groups is 2. The topological polar surface area (TPSA) is 74.8 Å². The predicted octanol–water partition coefficient (Wildman–Crippen LogP) is 3.37. The summed E-state index contributed by atoms with van der Waals surface area (Å²) in [6.07, 6.45) is 3.88. The summed E-state index contributed by atoms with van der Waals surface area (Å²) in [5.74, 6) is 0.732. The van der Waals surface area contributed by atoms with Crippen molar-refractivity contribution in [3.05, 3.63) is 35.3 Å². The zero-order valence-electron chi connectivity index (χ0n) is 16.6. The summed E-state index contributed by atoms with van der Waals surface area (Å²) >= 11 is 1.38. The van der Waals surface area contributed by atoms with Crippen LogP contribution in [0.2, 0.25) is 0 Å². The summed E-state index contributed by atoms with van der Waals surface area (Å²) in [7, 11) is 1.62. The first-order chi connectivity index (χ1) is 14.2. The summed E-state index contributed by atoms with van der Waals surface area (Å²) in [6, 6.07) is 7.58. The zero-order chi connectivity index (χ0) is 20.2. The molecule has 29 heavy (non-hydrogen) atoms. The monoisotopic (exact) mass is 414 g/mol. The van der Waals surface area contributed by atoms with Crippen LogP contribution in [-0.4, -0.2) is 59.9 Å². The second-order valence-corrected chi connectivity index (χ2v) is 8.34. The summed E-state index contributed by atoms with van der Waals surface area (Å²) in [6.45, 7) is 2.87. The number of thiazole rings is 1. The Hall–Kier alpha value is -2.61. The van der Waals surface area contributed by atoms with E-state index in [0.29, 0.717) is 23.9 Å². The first-order valence-electron chi connectivity index (χ1n) is 10.1. The van der Waals surface area contributed by atoms with Crippen molar-refractivity contribution in [1.29, 1.82) is 0 Å². The third-order valence-electron chi connectivity index (χ3n) is 5.55. The minimum Gasteiger partial charge on any atom is -0.495 e. The highest BCUT2D eigenvalue weighted by molar-refractivity contribution is 7.14. The SMILES string of the molecule is COc1ccccc1Nc1nc(C(=O)N2CCCC(C(=O)N3CCCC3)C2)cs1. The fraction of sp³-hybridized carbons (Fsp3) is 0.476. The van der Waals surface area contributed by atoms with Gasteiger partial charge in [0.25, 0.3) is 5.91 Å². The van der Waals surface area contributed by atoms with Gasteiger partial charge in [0.15, 0.2) is 5.13 Å². The van der Waals surface area contributed by atoms with Gasteiger partial charge in [0, 0.05) is 31.6 Å². The van der Waals surface area contributed by atoms with Crippen LogP contribution in [0.4, 0.5) is 10.8 Å². The van der Waals surface area contributed by atoms with E-state index in [1.807, 2.05) is 29.2 Å². The van der Waals surface area contributed by atoms with Gasteiger partial charge in [-0.05, 0) is 37.8 Å². The molecule has 0 bridgehead atoms. The normalized spacial score (nSPS) is 19.3. The molecule has 1 aromatic heterocycles. The number of piperidine rings is 1. The summed E-state index contributed by atoms with van der Waals surface area (Å²) in [5, 5.41) is 5.62. The lowest BCUT2D eigenvalue weighted by Crippen LogP contribution is -2.46. The zero-order valence-corrected chi connectivity index (χ0v) is 17.4. The molecule has 2 amide bonds. The van der Waals surface area contributed by atoms with Crippen LogP contribution in [0.15, 0.2) is 29.6 Å². The van der Waals surface area contributed by atoms with E-state index in [2.05, 4.69) is 10.3 Å². The standard InChI is InChI=1S/C21H26N4O3S/c1-28-18-9-3-2-8-16(18)22-21-23-17(14-29-21)20(27)25-12-6-7-15(13-25)19(26)24-10-4-5-11-24/h2-3,8-9,14-15H,4-7,10-13H2,1H3,(H,22,23). The van der Waals surface area contributed by atoms with Crippen LogP contribution in [0.25, 0.3) is 0 Å². The summed E-state index contributed by atoms with van der Waals surface area (Å²) in [4.78, 5) is 33.9. The Bertz CT molecular complexity index is 878. The maximum atomic E-state index is 13.0. The minimum atomic E-state index is -0.103. The molecule has 4 rings (SSSR count). The Balaban J connectivity index is 1.41. The molecule has 0 radical (unpaired) electrons. The fourth-order valence-electron chi connectivity index (χ4n) is 4.01. The molecular weight excluding hydrogens is 388 g/mol. The maximum Gasteiger partial charge on any atom is 0.273 e. The molecule has 7 nitrogen and oxygen atoms in total. The van der Waals surface area contributed by atoms with E-state index in [0.717, 1.165) is 50.2 Å². The van der Waals surface area contributed by atoms with Crippen molar-refractivity contribution in [1.82, 2.24) is 14.8 Å². The lowest BCUT2D eigenvalue weighted by Gasteiger charge is -2.33. The average molecular weight is 415 g/mol. The Morgan fingerprint density at radius 2 is 1.90 bits per heavy atom. The molecule has 8 heteroatoms. The minimum absolute atomic E-state index is 0.0874. The van der Waals surface area contributed by atoms with Gasteiger partial charge in [0.2, 0.25) is 5.91 Å². The molecule has 2 aromatic rings. The highest BCUT2D eigenvalue weighted by Crippen LogP contribution is 2.29.